The van der Waals surface area contributed by atoms with E-state index in [0.29, 0.717) is 25.4 Å². The fourth-order valence-corrected chi connectivity index (χ4v) is 3.01. The van der Waals surface area contributed by atoms with Crippen molar-refractivity contribution in [3.05, 3.63) is 12.2 Å². The van der Waals surface area contributed by atoms with E-state index in [4.69, 9.17) is 0 Å². The lowest BCUT2D eigenvalue weighted by molar-refractivity contribution is 0.466. The fourth-order valence-electron chi connectivity index (χ4n) is 1.48. The number of sulfonamides is 1. The average molecular weight is 218 g/mol. The quantitative estimate of drug-likeness (QED) is 0.670. The van der Waals surface area contributed by atoms with Crippen LogP contribution in [-0.4, -0.2) is 44.7 Å². The van der Waals surface area contributed by atoms with Gasteiger partial charge in [-0.15, -0.1) is 0 Å². The van der Waals surface area contributed by atoms with Crippen LogP contribution in [0.3, 0.4) is 0 Å². The van der Waals surface area contributed by atoms with Crippen molar-refractivity contribution in [3.63, 3.8) is 0 Å². The van der Waals surface area contributed by atoms with E-state index in [0.717, 1.165) is 18.5 Å². The smallest absolute Gasteiger partial charge is 0.214 e. The Kier molecular flexibility index (Phi) is 4.10. The van der Waals surface area contributed by atoms with Crippen LogP contribution in [0.25, 0.3) is 0 Å². The highest BCUT2D eigenvalue weighted by atomic mass is 32.2. The Balaban J connectivity index is 2.41. The van der Waals surface area contributed by atoms with Gasteiger partial charge < -0.3 is 5.32 Å². The van der Waals surface area contributed by atoms with Crippen molar-refractivity contribution in [3.8, 4) is 0 Å². The van der Waals surface area contributed by atoms with Crippen molar-refractivity contribution in [2.45, 2.75) is 13.3 Å². The van der Waals surface area contributed by atoms with Crippen LogP contribution in [0.5, 0.6) is 0 Å². The minimum atomic E-state index is -2.96. The van der Waals surface area contributed by atoms with Gasteiger partial charge >= 0.3 is 0 Å². The van der Waals surface area contributed by atoms with Gasteiger partial charge in [0, 0.05) is 19.6 Å². The van der Waals surface area contributed by atoms with Gasteiger partial charge in [0.2, 0.25) is 10.0 Å². The van der Waals surface area contributed by atoms with Gasteiger partial charge in [0.05, 0.1) is 5.75 Å². The van der Waals surface area contributed by atoms with E-state index in [1.54, 1.807) is 0 Å². The van der Waals surface area contributed by atoms with Crippen LogP contribution in [0.15, 0.2) is 12.2 Å². The molecular formula is C9H18N2O2S. The Hall–Kier alpha value is -0.390. The Morgan fingerprint density at radius 3 is 2.79 bits per heavy atom. The van der Waals surface area contributed by atoms with Gasteiger partial charge in [0.1, 0.15) is 0 Å². The van der Waals surface area contributed by atoms with Crippen LogP contribution in [0, 0.1) is 0 Å². The molecule has 1 heterocycles. The van der Waals surface area contributed by atoms with E-state index >= 15 is 0 Å². The summed E-state index contributed by atoms with van der Waals surface area (Å²) in [5.74, 6) is 0.293. The molecule has 0 aromatic rings. The van der Waals surface area contributed by atoms with E-state index in [-0.39, 0.29) is 0 Å². The first kappa shape index (κ1) is 11.7. The predicted octanol–water partition coefficient (Wildman–Crippen LogP) is 0.188. The van der Waals surface area contributed by atoms with Gasteiger partial charge in [-0.3, -0.25) is 0 Å². The molecule has 0 bridgehead atoms. The second kappa shape index (κ2) is 4.91. The Morgan fingerprint density at radius 1 is 1.57 bits per heavy atom. The molecule has 1 aliphatic heterocycles. The minimum absolute atomic E-state index is 0.293. The fraction of sp³-hybridized carbons (Fsp3) is 0.778. The van der Waals surface area contributed by atoms with Gasteiger partial charge in [-0.25, -0.2) is 8.42 Å². The Labute approximate surface area is 86.0 Å². The van der Waals surface area contributed by atoms with Crippen molar-refractivity contribution in [1.29, 1.82) is 0 Å². The summed E-state index contributed by atoms with van der Waals surface area (Å²) in [6, 6.07) is 0. The molecule has 0 radical (unpaired) electrons. The number of nitrogens with zero attached hydrogens (tertiary/aromatic N) is 1. The maximum absolute atomic E-state index is 11.4. The molecule has 0 aromatic carbocycles. The highest BCUT2D eigenvalue weighted by molar-refractivity contribution is 7.89. The molecule has 14 heavy (non-hydrogen) atoms. The number of rotatable bonds is 5. The normalized spacial score (nSPS) is 21.2. The lowest BCUT2D eigenvalue weighted by atomic mass is 10.3. The number of hydrogen-bond donors (Lipinski definition) is 1. The monoisotopic (exact) mass is 218 g/mol. The SMILES string of the molecule is C=C(CNCC)CN1CCCS1(=O)=O. The molecule has 1 fully saturated rings. The zero-order chi connectivity index (χ0) is 10.6. The summed E-state index contributed by atoms with van der Waals surface area (Å²) < 4.78 is 24.4. The summed E-state index contributed by atoms with van der Waals surface area (Å²) in [6.07, 6.45) is 0.747. The molecule has 1 aliphatic rings. The Bertz CT molecular complexity index is 298. The van der Waals surface area contributed by atoms with Crippen LogP contribution in [0.2, 0.25) is 0 Å². The third-order valence-corrected chi connectivity index (χ3v) is 4.13. The van der Waals surface area contributed by atoms with Crippen molar-refractivity contribution in [2.75, 3.05) is 31.9 Å². The summed E-state index contributed by atoms with van der Waals surface area (Å²) >= 11 is 0. The average Bonchev–Trinajstić information content (AvgIpc) is 2.43. The van der Waals surface area contributed by atoms with Crippen molar-refractivity contribution < 1.29 is 8.42 Å². The first-order valence-electron chi connectivity index (χ1n) is 4.91. The van der Waals surface area contributed by atoms with Crippen molar-refractivity contribution in [1.82, 2.24) is 9.62 Å². The lowest BCUT2D eigenvalue weighted by Gasteiger charge is -2.15. The molecule has 0 unspecified atom stereocenters. The first-order chi connectivity index (χ1) is 6.56. The molecule has 5 heteroatoms. The molecule has 82 valence electrons. The molecule has 0 aliphatic carbocycles. The van der Waals surface area contributed by atoms with Gasteiger partial charge in [-0.1, -0.05) is 13.5 Å². The summed E-state index contributed by atoms with van der Waals surface area (Å²) in [5.41, 5.74) is 0.928. The van der Waals surface area contributed by atoms with E-state index < -0.39 is 10.0 Å². The standard InChI is InChI=1S/C9H18N2O2S/c1-3-10-7-9(2)8-11-5-4-6-14(11,12)13/h10H,2-8H2,1H3. The maximum atomic E-state index is 11.4. The largest absolute Gasteiger partial charge is 0.313 e. The molecule has 4 nitrogen and oxygen atoms in total. The molecule has 0 amide bonds. The van der Waals surface area contributed by atoms with Crippen molar-refractivity contribution >= 4 is 10.0 Å². The molecule has 0 atom stereocenters. The van der Waals surface area contributed by atoms with Crippen LogP contribution in [-0.2, 0) is 10.0 Å². The molecule has 0 saturated carbocycles. The predicted molar refractivity (Wildman–Crippen MR) is 57.7 cm³/mol. The zero-order valence-corrected chi connectivity index (χ0v) is 9.44. The second-order valence-corrected chi connectivity index (χ2v) is 5.62. The molecule has 1 rings (SSSR count). The molecular weight excluding hydrogens is 200 g/mol. The van der Waals surface area contributed by atoms with Crippen molar-refractivity contribution in [2.24, 2.45) is 0 Å². The Morgan fingerprint density at radius 2 is 2.29 bits per heavy atom. The van der Waals surface area contributed by atoms with Gasteiger partial charge in [-0.05, 0) is 18.5 Å². The van der Waals surface area contributed by atoms with Crippen LogP contribution in [0.1, 0.15) is 13.3 Å². The zero-order valence-electron chi connectivity index (χ0n) is 8.62. The van der Waals surface area contributed by atoms with Gasteiger partial charge in [0.15, 0.2) is 0 Å². The summed E-state index contributed by atoms with van der Waals surface area (Å²) in [7, 11) is -2.96. The van der Waals surface area contributed by atoms with Gasteiger partial charge in [0.25, 0.3) is 0 Å². The lowest BCUT2D eigenvalue weighted by Crippen LogP contribution is -2.30. The molecule has 1 N–H and O–H groups in total. The second-order valence-electron chi connectivity index (χ2n) is 3.53. The summed E-state index contributed by atoms with van der Waals surface area (Å²) in [4.78, 5) is 0. The number of likely N-dealkylation sites (N-methyl/N-ethyl adjacent to an activating group) is 1. The van der Waals surface area contributed by atoms with Crippen LogP contribution >= 0.6 is 0 Å². The molecule has 1 saturated heterocycles. The molecule has 0 aromatic heterocycles. The van der Waals surface area contributed by atoms with E-state index in [1.807, 2.05) is 6.92 Å². The van der Waals surface area contributed by atoms with Crippen LogP contribution < -0.4 is 5.32 Å². The minimum Gasteiger partial charge on any atom is -0.313 e. The van der Waals surface area contributed by atoms with Crippen LogP contribution in [0.4, 0.5) is 0 Å². The highest BCUT2D eigenvalue weighted by Gasteiger charge is 2.27. The van der Waals surface area contributed by atoms with E-state index in [2.05, 4.69) is 11.9 Å². The highest BCUT2D eigenvalue weighted by Crippen LogP contribution is 2.14. The third kappa shape index (κ3) is 3.08. The third-order valence-electron chi connectivity index (χ3n) is 2.23. The maximum Gasteiger partial charge on any atom is 0.214 e. The number of nitrogens with one attached hydrogen (secondary N) is 1. The summed E-state index contributed by atoms with van der Waals surface area (Å²) in [5, 5.41) is 3.13. The summed E-state index contributed by atoms with van der Waals surface area (Å²) in [6.45, 7) is 8.56. The molecule has 0 spiro atoms. The van der Waals surface area contributed by atoms with Gasteiger partial charge in [-0.2, -0.15) is 4.31 Å². The topological polar surface area (TPSA) is 49.4 Å². The first-order valence-corrected chi connectivity index (χ1v) is 6.52. The van der Waals surface area contributed by atoms with E-state index in [9.17, 15) is 8.42 Å². The van der Waals surface area contributed by atoms with E-state index in [1.165, 1.54) is 4.31 Å². The number of hydrogen-bond acceptors (Lipinski definition) is 3.